The second-order valence-electron chi connectivity index (χ2n) is 16.6. The Balaban J connectivity index is 0.824. The molecule has 4 aliphatic heterocycles. The molecule has 0 spiro atoms. The molecular weight excluding hydrogens is 711 g/mol. The highest BCUT2D eigenvalue weighted by molar-refractivity contribution is 6.14. The van der Waals surface area contributed by atoms with Gasteiger partial charge in [-0.1, -0.05) is 18.9 Å². The van der Waals surface area contributed by atoms with Crippen molar-refractivity contribution in [3.05, 3.63) is 60.0 Å². The van der Waals surface area contributed by atoms with Gasteiger partial charge in [0.05, 0.1) is 23.0 Å². The first-order chi connectivity index (χ1) is 27.0. The minimum Gasteiger partial charge on any atom is -0.368 e. The lowest BCUT2D eigenvalue weighted by molar-refractivity contribution is -0.136. The highest BCUT2D eigenvalue weighted by atomic mass is 16.2. The minimum atomic E-state index is -0.789. The van der Waals surface area contributed by atoms with Crippen LogP contribution in [-0.4, -0.2) is 118 Å². The number of anilines is 5. The number of nitrogens with zero attached hydrogens (tertiary/aromatic N) is 9. The number of benzene rings is 1. The molecule has 1 aromatic carbocycles. The fraction of sp³-hybridized carbons (Fsp3) is 0.488. The van der Waals surface area contributed by atoms with E-state index in [9.17, 15) is 19.2 Å². The zero-order valence-electron chi connectivity index (χ0n) is 32.5. The number of amides is 4. The van der Waals surface area contributed by atoms with Gasteiger partial charge >= 0.3 is 0 Å². The predicted octanol–water partition coefficient (Wildman–Crippen LogP) is 3.83. The quantitative estimate of drug-likeness (QED) is 0.252. The number of carbonyl (C=O) groups excluding carboxylic acids is 4. The standard InChI is InChI=1S/C41H49N11O4/c1-41(2)35-29(10-7-11-30(35)52(39(41)56)31-13-15-34(53)45-37(31)54)50-23-28(24-50)49-18-16-48(17-19-49)27-12-14-33(42-22-27)44-40-43-21-25-20-32(38(55)47(3)4)51(36(25)46-40)26-8-5-6-9-26/h7,10-12,14,20-22,26,28,31H,5-6,8-9,13,15-19,23-24H2,1-4H3,(H,45,53,54)(H,42,43,44,46)/t31-/m0/s1. The van der Waals surface area contributed by atoms with Crippen LogP contribution in [0.3, 0.4) is 0 Å². The van der Waals surface area contributed by atoms with Crippen molar-refractivity contribution >= 4 is 63.5 Å². The average molecular weight is 760 g/mol. The Morgan fingerprint density at radius 2 is 1.64 bits per heavy atom. The maximum absolute atomic E-state index is 13.8. The molecule has 1 atom stereocenters. The molecule has 56 heavy (non-hydrogen) atoms. The van der Waals surface area contributed by atoms with Crippen LogP contribution in [0.2, 0.25) is 0 Å². The molecule has 3 aromatic heterocycles. The molecule has 4 fully saturated rings. The van der Waals surface area contributed by atoms with E-state index in [2.05, 4.69) is 47.0 Å². The Kier molecular flexibility index (Phi) is 8.94. The number of aromatic nitrogens is 4. The van der Waals surface area contributed by atoms with E-state index in [1.807, 2.05) is 44.3 Å². The van der Waals surface area contributed by atoms with E-state index in [-0.39, 0.29) is 30.2 Å². The lowest BCUT2D eigenvalue weighted by Crippen LogP contribution is -2.63. The van der Waals surface area contributed by atoms with Gasteiger partial charge in [0.25, 0.3) is 5.91 Å². The summed E-state index contributed by atoms with van der Waals surface area (Å²) in [4.78, 5) is 76.2. The van der Waals surface area contributed by atoms with Crippen LogP contribution in [-0.2, 0) is 19.8 Å². The van der Waals surface area contributed by atoms with E-state index in [0.717, 1.165) is 98.6 Å². The average Bonchev–Trinajstić information content (AvgIpc) is 3.88. The molecule has 0 radical (unpaired) electrons. The third-order valence-electron chi connectivity index (χ3n) is 12.5. The van der Waals surface area contributed by atoms with Crippen LogP contribution in [0.4, 0.5) is 28.8 Å². The van der Waals surface area contributed by atoms with Crippen molar-refractivity contribution in [1.29, 1.82) is 0 Å². The molecule has 1 aliphatic carbocycles. The van der Waals surface area contributed by atoms with Crippen molar-refractivity contribution in [3.8, 4) is 0 Å². The molecule has 0 unspecified atom stereocenters. The van der Waals surface area contributed by atoms with Gasteiger partial charge in [0.2, 0.25) is 23.7 Å². The molecule has 3 saturated heterocycles. The summed E-state index contributed by atoms with van der Waals surface area (Å²) >= 11 is 0. The van der Waals surface area contributed by atoms with Crippen LogP contribution in [0.5, 0.6) is 0 Å². The van der Waals surface area contributed by atoms with Crippen molar-refractivity contribution in [1.82, 2.24) is 34.6 Å². The molecule has 5 aliphatic rings. The van der Waals surface area contributed by atoms with Gasteiger partial charge in [0, 0.05) is 94.7 Å². The van der Waals surface area contributed by atoms with Crippen molar-refractivity contribution in [3.63, 3.8) is 0 Å². The fourth-order valence-electron chi connectivity index (χ4n) is 9.37. The molecule has 292 valence electrons. The lowest BCUT2D eigenvalue weighted by Gasteiger charge is -2.50. The molecule has 15 heteroatoms. The molecule has 7 heterocycles. The Hall–Kier alpha value is -5.57. The normalized spacial score (nSPS) is 21.8. The largest absolute Gasteiger partial charge is 0.368 e. The zero-order chi connectivity index (χ0) is 38.9. The molecule has 4 aromatic rings. The molecule has 2 N–H and O–H groups in total. The summed E-state index contributed by atoms with van der Waals surface area (Å²) in [6, 6.07) is 11.9. The Morgan fingerprint density at radius 3 is 2.34 bits per heavy atom. The fourth-order valence-corrected chi connectivity index (χ4v) is 9.37. The van der Waals surface area contributed by atoms with Gasteiger partial charge in [-0.2, -0.15) is 4.98 Å². The summed E-state index contributed by atoms with van der Waals surface area (Å²) in [5.74, 6) is 0.276. The Labute approximate surface area is 326 Å². The number of hydrogen-bond acceptors (Lipinski definition) is 11. The second-order valence-corrected chi connectivity index (χ2v) is 16.6. The molecule has 0 bridgehead atoms. The van der Waals surface area contributed by atoms with Crippen molar-refractivity contribution < 1.29 is 19.2 Å². The maximum Gasteiger partial charge on any atom is 0.270 e. The highest BCUT2D eigenvalue weighted by Gasteiger charge is 2.51. The molecule has 9 rings (SSSR count). The third kappa shape index (κ3) is 6.12. The van der Waals surface area contributed by atoms with Gasteiger partial charge in [-0.25, -0.2) is 9.97 Å². The van der Waals surface area contributed by atoms with Gasteiger partial charge in [0.15, 0.2) is 0 Å². The number of hydrogen-bond donors (Lipinski definition) is 2. The second kappa shape index (κ2) is 13.9. The van der Waals surface area contributed by atoms with E-state index in [1.54, 1.807) is 30.1 Å². The summed E-state index contributed by atoms with van der Waals surface area (Å²) in [7, 11) is 3.56. The van der Waals surface area contributed by atoms with Crippen molar-refractivity contribution in [2.75, 3.05) is 73.4 Å². The lowest BCUT2D eigenvalue weighted by atomic mass is 9.84. The monoisotopic (exact) mass is 759 g/mol. The summed E-state index contributed by atoms with van der Waals surface area (Å²) in [6.07, 6.45) is 8.60. The first-order valence-corrected chi connectivity index (χ1v) is 19.9. The number of rotatable bonds is 8. The number of pyridine rings is 1. The van der Waals surface area contributed by atoms with Crippen LogP contribution < -0.4 is 25.3 Å². The number of imide groups is 1. The van der Waals surface area contributed by atoms with Crippen molar-refractivity contribution in [2.24, 2.45) is 0 Å². The summed E-state index contributed by atoms with van der Waals surface area (Å²) in [6.45, 7) is 9.26. The third-order valence-corrected chi connectivity index (χ3v) is 12.5. The van der Waals surface area contributed by atoms with E-state index in [1.165, 1.54) is 0 Å². The van der Waals surface area contributed by atoms with Crippen LogP contribution in [0.15, 0.2) is 48.8 Å². The summed E-state index contributed by atoms with van der Waals surface area (Å²) in [5.41, 5.74) is 4.48. The number of carbonyl (C=O) groups is 4. The van der Waals surface area contributed by atoms with Gasteiger partial charge in [-0.15, -0.1) is 0 Å². The van der Waals surface area contributed by atoms with Gasteiger partial charge < -0.3 is 24.6 Å². The SMILES string of the molecule is CN(C)C(=O)c1cc2cnc(Nc3ccc(N4CCN(C5CN(c6cccc7c6C(C)(C)C(=O)N7[C@H]6CCC(=O)NC6=O)C5)CC4)cn3)nc2n1C1CCCC1. The minimum absolute atomic E-state index is 0.0308. The van der Waals surface area contributed by atoms with Gasteiger partial charge in [-0.05, 0) is 63.4 Å². The van der Waals surface area contributed by atoms with Gasteiger partial charge in [0.1, 0.15) is 23.2 Å². The highest BCUT2D eigenvalue weighted by Crippen LogP contribution is 2.49. The summed E-state index contributed by atoms with van der Waals surface area (Å²) < 4.78 is 2.12. The van der Waals surface area contributed by atoms with E-state index in [0.29, 0.717) is 29.9 Å². The van der Waals surface area contributed by atoms with Crippen LogP contribution in [0.25, 0.3) is 11.0 Å². The summed E-state index contributed by atoms with van der Waals surface area (Å²) in [5, 5.41) is 6.55. The number of nitrogens with one attached hydrogen (secondary N) is 2. The Morgan fingerprint density at radius 1 is 0.893 bits per heavy atom. The molecule has 15 nitrogen and oxygen atoms in total. The number of piperazine rings is 1. The smallest absolute Gasteiger partial charge is 0.270 e. The first kappa shape index (κ1) is 36.1. The number of fused-ring (bicyclic) bond motifs is 2. The zero-order valence-corrected chi connectivity index (χ0v) is 32.5. The van der Waals surface area contributed by atoms with Crippen molar-refractivity contribution in [2.45, 2.75) is 75.9 Å². The maximum atomic E-state index is 13.8. The van der Waals surface area contributed by atoms with Crippen LogP contribution in [0.1, 0.15) is 74.5 Å². The predicted molar refractivity (Wildman–Crippen MR) is 213 cm³/mol. The molecule has 4 amide bonds. The number of piperidine rings is 1. The van der Waals surface area contributed by atoms with E-state index >= 15 is 0 Å². The first-order valence-electron chi connectivity index (χ1n) is 19.9. The Bertz CT molecular complexity index is 2210. The van der Waals surface area contributed by atoms with Crippen LogP contribution in [0, 0.1) is 0 Å². The molecule has 1 saturated carbocycles. The topological polar surface area (TPSA) is 152 Å². The van der Waals surface area contributed by atoms with Gasteiger partial charge in [-0.3, -0.25) is 34.3 Å². The van der Waals surface area contributed by atoms with E-state index < -0.39 is 17.4 Å². The van der Waals surface area contributed by atoms with Crippen LogP contribution >= 0.6 is 0 Å². The van der Waals surface area contributed by atoms with E-state index in [4.69, 9.17) is 9.97 Å². The molecular formula is C41H49N11O4.